The van der Waals surface area contributed by atoms with Crippen LogP contribution in [0.3, 0.4) is 0 Å². The Kier molecular flexibility index (Phi) is 45.6. The Hall–Kier alpha value is -7.76. The van der Waals surface area contributed by atoms with Gasteiger partial charge in [-0.2, -0.15) is 22.0 Å². The molecule has 0 aliphatic heterocycles. The second-order valence-electron chi connectivity index (χ2n) is 29.3. The van der Waals surface area contributed by atoms with Crippen molar-refractivity contribution >= 4 is 46.4 Å². The topological polar surface area (TPSA) is 129 Å². The minimum atomic E-state index is -0.582. The molecule has 0 fully saturated rings. The van der Waals surface area contributed by atoms with Crippen LogP contribution < -0.4 is 0 Å². The SMILES string of the molecule is CC(C)c1cc(F)cnc1F.CC(C)c1cccnc1Cl.CC(C)c1cccnc1F.Cc1ccc(C(C)C)c(Cl)n1.Cc1cnc(C)c(C(C)C)c1.Cc1cnc(Cl)c(C(C)C)c1.Cc1cnc(Cl)c(C(C)C)c1.Cc1cnc(F)c(C(C)C)c1.Cc1cnc(F)c(C(C)C)c1.Cc1cnc(F)c(C(C)C)c1. The van der Waals surface area contributed by atoms with Crippen molar-refractivity contribution in [1.82, 2.24) is 49.8 Å². The Morgan fingerprint density at radius 1 is 0.241 bits per heavy atom. The maximum absolute atomic E-state index is 12.9. The fourth-order valence-electron chi connectivity index (χ4n) is 9.61. The molecule has 0 amide bonds. The van der Waals surface area contributed by atoms with Crippen LogP contribution in [-0.4, -0.2) is 49.8 Å². The van der Waals surface area contributed by atoms with Gasteiger partial charge >= 0.3 is 0 Å². The quantitative estimate of drug-likeness (QED) is 0.0964. The van der Waals surface area contributed by atoms with Crippen LogP contribution in [0.5, 0.6) is 0 Å². The molecule has 0 radical (unpaired) electrons. The van der Waals surface area contributed by atoms with Gasteiger partial charge in [0.1, 0.15) is 26.4 Å². The highest BCUT2D eigenvalue weighted by Gasteiger charge is 2.13. The van der Waals surface area contributed by atoms with Gasteiger partial charge in [0.15, 0.2) is 0 Å². The lowest BCUT2D eigenvalue weighted by molar-refractivity contribution is 0.535. The average Bonchev–Trinajstić information content (AvgIpc) is 0.868. The van der Waals surface area contributed by atoms with E-state index in [4.69, 9.17) is 46.4 Å². The number of nitrogens with zero attached hydrogens (tertiary/aromatic N) is 10. The van der Waals surface area contributed by atoms with Gasteiger partial charge < -0.3 is 0 Å². The largest absolute Gasteiger partial charge is 0.261 e. The molecule has 0 aromatic carbocycles. The summed E-state index contributed by atoms with van der Waals surface area (Å²) in [5, 5.41) is 2.52. The van der Waals surface area contributed by atoms with E-state index in [1.54, 1.807) is 63.2 Å². The minimum Gasteiger partial charge on any atom is -0.261 e. The molecular formula is C88H116Cl4F6N10. The van der Waals surface area contributed by atoms with E-state index in [0.29, 0.717) is 78.0 Å². The number of aromatic nitrogens is 10. The zero-order valence-corrected chi connectivity index (χ0v) is 71.8. The van der Waals surface area contributed by atoms with Crippen molar-refractivity contribution in [2.75, 3.05) is 0 Å². The van der Waals surface area contributed by atoms with E-state index in [-0.39, 0.29) is 53.4 Å². The van der Waals surface area contributed by atoms with Gasteiger partial charge in [0.2, 0.25) is 29.7 Å². The number of halogens is 10. The highest BCUT2D eigenvalue weighted by molar-refractivity contribution is 6.31. The molecule has 10 aromatic heterocycles. The predicted octanol–water partition coefficient (Wildman–Crippen LogP) is 28.0. The van der Waals surface area contributed by atoms with Crippen molar-refractivity contribution in [3.05, 3.63) is 291 Å². The van der Waals surface area contributed by atoms with Crippen LogP contribution in [0.4, 0.5) is 26.3 Å². The summed E-state index contributed by atoms with van der Waals surface area (Å²) in [6, 6.07) is 24.5. The van der Waals surface area contributed by atoms with Crippen molar-refractivity contribution in [2.45, 2.75) is 253 Å². The zero-order valence-electron chi connectivity index (χ0n) is 68.7. The summed E-state index contributed by atoms with van der Waals surface area (Å²) in [5.74, 6) is 0.777. The van der Waals surface area contributed by atoms with Gasteiger partial charge in [-0.1, -0.05) is 221 Å². The molecule has 0 unspecified atom stereocenters. The Bertz CT molecular complexity index is 3700. The van der Waals surface area contributed by atoms with Crippen molar-refractivity contribution in [1.29, 1.82) is 0 Å². The lowest BCUT2D eigenvalue weighted by Gasteiger charge is -2.08. The standard InChI is InChI=1S/C10H15N.3C9H12ClN.3C9H12FN.C8H10ClN.C8H9F2N.C8H10FN/c1-7(2)10-5-8(3)6-11-9(10)4;2*1-6(2)8-4-7(3)5-11-9(8)10;1-6(2)8-5-4-7(3)11-9(8)10;3*1-6(2)8-4-7(3)5-11-9(8)10;1-6(2)7-4-3-5-10-8(7)9;1-5(2)7-3-6(9)4-11-8(7)10;1-6(2)7-4-3-5-10-8(7)9/h5-7H,1-4H3;6*4-6H,1-3H3;3-6H,1-2H3;3-5H,1-2H3;3-6H,1-2H3. The van der Waals surface area contributed by atoms with E-state index in [2.05, 4.69) is 151 Å². The molecule has 588 valence electrons. The van der Waals surface area contributed by atoms with Gasteiger partial charge in [0, 0.05) is 88.8 Å². The number of aryl methyl sites for hydroxylation is 8. The van der Waals surface area contributed by atoms with Gasteiger partial charge in [-0.05, 0) is 218 Å². The van der Waals surface area contributed by atoms with Gasteiger partial charge in [0.05, 0.1) is 6.20 Å². The lowest BCUT2D eigenvalue weighted by atomic mass is 10.0. The van der Waals surface area contributed by atoms with E-state index in [9.17, 15) is 26.3 Å². The fourth-order valence-corrected chi connectivity index (χ4v) is 11.0. The van der Waals surface area contributed by atoms with Gasteiger partial charge in [-0.25, -0.2) is 49.2 Å². The Labute approximate surface area is 662 Å². The van der Waals surface area contributed by atoms with Crippen molar-refractivity contribution in [3.8, 4) is 0 Å². The second-order valence-corrected chi connectivity index (χ2v) is 30.8. The molecule has 0 N–H and O–H groups in total. The van der Waals surface area contributed by atoms with Crippen LogP contribution in [0.15, 0.2) is 135 Å². The van der Waals surface area contributed by atoms with Crippen molar-refractivity contribution < 1.29 is 26.3 Å². The average molecular weight is 1570 g/mol. The van der Waals surface area contributed by atoms with Crippen LogP contribution in [-0.2, 0) is 0 Å². The second kappa shape index (κ2) is 50.1. The summed E-state index contributed by atoms with van der Waals surface area (Å²) in [7, 11) is 0. The van der Waals surface area contributed by atoms with E-state index >= 15 is 0 Å². The zero-order chi connectivity index (χ0) is 82.6. The lowest BCUT2D eigenvalue weighted by Crippen LogP contribution is -1.96. The number of hydrogen-bond acceptors (Lipinski definition) is 10. The number of rotatable bonds is 10. The third-order valence-electron chi connectivity index (χ3n) is 15.9. The van der Waals surface area contributed by atoms with Crippen LogP contribution >= 0.6 is 46.4 Å². The summed E-state index contributed by atoms with van der Waals surface area (Å²) in [4.78, 5) is 38.2. The summed E-state index contributed by atoms with van der Waals surface area (Å²) in [5.41, 5.74) is 17.7. The third kappa shape index (κ3) is 37.1. The van der Waals surface area contributed by atoms with Crippen LogP contribution in [0.1, 0.15) is 298 Å². The monoisotopic (exact) mass is 1570 g/mol. The Balaban J connectivity index is 0.000000600. The van der Waals surface area contributed by atoms with Gasteiger partial charge in [0.25, 0.3) is 0 Å². The molecule has 0 aliphatic carbocycles. The predicted molar refractivity (Wildman–Crippen MR) is 441 cm³/mol. The van der Waals surface area contributed by atoms with Gasteiger partial charge in [-0.15, -0.1) is 0 Å². The van der Waals surface area contributed by atoms with E-state index in [1.165, 1.54) is 23.4 Å². The van der Waals surface area contributed by atoms with E-state index in [0.717, 1.165) is 67.7 Å². The normalized spacial score (nSPS) is 10.6. The first-order valence-electron chi connectivity index (χ1n) is 36.5. The summed E-state index contributed by atoms with van der Waals surface area (Å²) in [6.07, 6.45) is 14.2. The molecule has 0 saturated heterocycles. The van der Waals surface area contributed by atoms with Crippen LogP contribution in [0, 0.1) is 90.9 Å². The number of hydrogen-bond donors (Lipinski definition) is 0. The first kappa shape index (κ1) is 98.2. The first-order valence-corrected chi connectivity index (χ1v) is 38.0. The number of pyridine rings is 10. The van der Waals surface area contributed by atoms with E-state index < -0.39 is 11.8 Å². The molecule has 0 atom stereocenters. The van der Waals surface area contributed by atoms with E-state index in [1.807, 2.05) is 146 Å². The molecule has 20 heteroatoms. The first-order chi connectivity index (χ1) is 50.3. The summed E-state index contributed by atoms with van der Waals surface area (Å²) >= 11 is 23.5. The molecule has 10 rings (SSSR count). The molecule has 0 aliphatic rings. The minimum absolute atomic E-state index is 0.0294. The molecule has 10 aromatic rings. The molecule has 10 nitrogen and oxygen atoms in total. The van der Waals surface area contributed by atoms with Crippen molar-refractivity contribution in [2.24, 2.45) is 0 Å². The Morgan fingerprint density at radius 3 is 0.769 bits per heavy atom. The molecule has 10 heterocycles. The summed E-state index contributed by atoms with van der Waals surface area (Å²) in [6.45, 7) is 56.4. The molecule has 0 bridgehead atoms. The fraction of sp³-hybridized carbons (Fsp3) is 0.432. The van der Waals surface area contributed by atoms with Gasteiger partial charge in [-0.3, -0.25) is 4.98 Å². The maximum Gasteiger partial charge on any atom is 0.216 e. The van der Waals surface area contributed by atoms with Crippen LogP contribution in [0.25, 0.3) is 0 Å². The van der Waals surface area contributed by atoms with Crippen LogP contribution in [0.2, 0.25) is 20.6 Å². The summed E-state index contributed by atoms with van der Waals surface area (Å²) < 4.78 is 76.7. The molecular weight excluding hydrogens is 1450 g/mol. The highest BCUT2D eigenvalue weighted by Crippen LogP contribution is 2.27. The highest BCUT2D eigenvalue weighted by atomic mass is 35.5. The molecule has 0 saturated carbocycles. The molecule has 108 heavy (non-hydrogen) atoms. The maximum atomic E-state index is 12.9. The third-order valence-corrected chi connectivity index (χ3v) is 17.2. The smallest absolute Gasteiger partial charge is 0.216 e. The van der Waals surface area contributed by atoms with Crippen molar-refractivity contribution in [3.63, 3.8) is 0 Å². The Morgan fingerprint density at radius 2 is 0.500 bits per heavy atom. The molecule has 0 spiro atoms.